The highest BCUT2D eigenvalue weighted by Crippen LogP contribution is 1.69. The lowest BCUT2D eigenvalue weighted by Gasteiger charge is -1.63. The quantitative estimate of drug-likeness (QED) is 0.249. The van der Waals surface area contributed by atoms with Crippen LogP contribution in [0.1, 0.15) is 6.92 Å². The third-order valence-corrected chi connectivity index (χ3v) is 7.44. The molecule has 0 atom stereocenters. The smallest absolute Gasteiger partial charge is 0 e. The topological polar surface area (TPSA) is 0 Å². The van der Waals surface area contributed by atoms with Gasteiger partial charge in [0.25, 0.3) is 0 Å². The molecule has 0 bridgehead atoms. The Balaban J connectivity index is 4.65. The van der Waals surface area contributed by atoms with Gasteiger partial charge < -0.3 is 6.42 Å². The largest absolute Gasteiger partial charge is 0.358 e. The van der Waals surface area contributed by atoms with Gasteiger partial charge in [-0.25, -0.2) is 5.92 Å². The van der Waals surface area contributed by atoms with Gasteiger partial charge in [0.15, 0.2) is 0 Å². The molecule has 0 aromatic heterocycles. The molecule has 121 heavy (non-hydrogen) atoms. The van der Waals surface area contributed by atoms with Crippen molar-refractivity contribution in [1.29, 1.82) is 0 Å². The van der Waals surface area contributed by atoms with Crippen LogP contribution in [0.3, 0.4) is 0 Å². The van der Waals surface area contributed by atoms with Gasteiger partial charge in [-0.2, -0.15) is 0 Å². The molecular formula is C121H3-. The highest BCUT2D eigenvalue weighted by atomic mass is 13.7. The van der Waals surface area contributed by atoms with Gasteiger partial charge in [0.2, 0.25) is 0 Å². The van der Waals surface area contributed by atoms with E-state index in [9.17, 15) is 0 Å². The Labute approximate surface area is 712 Å². The summed E-state index contributed by atoms with van der Waals surface area (Å²) in [5, 5.41) is 0. The van der Waals surface area contributed by atoms with Gasteiger partial charge in [0.05, 0.1) is 0 Å². The van der Waals surface area contributed by atoms with E-state index >= 15 is 0 Å². The lowest BCUT2D eigenvalue weighted by molar-refractivity contribution is 1.92. The Morgan fingerprint density at radius 3 is 0.149 bits per heavy atom. The summed E-state index contributed by atoms with van der Waals surface area (Å²) in [6.07, 6.45) is 6.59. The molecule has 0 N–H and O–H groups in total. The van der Waals surface area contributed by atoms with E-state index in [4.69, 9.17) is 6.42 Å². The van der Waals surface area contributed by atoms with E-state index in [0.29, 0.717) is 0 Å². The van der Waals surface area contributed by atoms with Gasteiger partial charge in [-0.15, -0.1) is 5.92 Å². The van der Waals surface area contributed by atoms with Crippen LogP contribution in [0, 0.1) is 711 Å². The first-order chi connectivity index (χ1) is 60.4. The summed E-state index contributed by atoms with van der Waals surface area (Å²) in [5.74, 6) is 296. The molecule has 0 aliphatic carbocycles. The first-order valence-corrected chi connectivity index (χ1v) is 30.2. The number of hydrogen-bond acceptors (Lipinski definition) is 0. The molecule has 0 spiro atoms. The van der Waals surface area contributed by atoms with Crippen molar-refractivity contribution in [2.75, 3.05) is 0 Å². The Kier molecular flexibility index (Phi) is 73.2. The van der Waals surface area contributed by atoms with Crippen LogP contribution < -0.4 is 0 Å². The summed E-state index contributed by atoms with van der Waals surface area (Å²) in [4.78, 5) is 0. The van der Waals surface area contributed by atoms with Crippen molar-refractivity contribution in [1.82, 2.24) is 0 Å². The third-order valence-electron chi connectivity index (χ3n) is 7.44. The summed E-state index contributed by atoms with van der Waals surface area (Å²) < 4.78 is 0. The Morgan fingerprint density at radius 2 is 0.107 bits per heavy atom. The zero-order chi connectivity index (χ0) is 86.1. The number of hydrogen-bond donors (Lipinski definition) is 0. The van der Waals surface area contributed by atoms with Gasteiger partial charge in [-0.1, -0.05) is 5.92 Å². The van der Waals surface area contributed by atoms with Crippen molar-refractivity contribution < 1.29 is 0 Å². The second-order valence-corrected chi connectivity index (χ2v) is 15.0. The molecule has 0 amide bonds. The van der Waals surface area contributed by atoms with E-state index in [2.05, 4.69) is 699 Å². The first-order valence-electron chi connectivity index (χ1n) is 30.2. The summed E-state index contributed by atoms with van der Waals surface area (Å²) in [6, 6.07) is 0. The normalized spacial score (nSPS) is 3.97. The monoisotopic (exact) mass is 1460 g/mol. The van der Waals surface area contributed by atoms with Gasteiger partial charge in [0, 0.05) is 586 Å². The fourth-order valence-corrected chi connectivity index (χ4v) is 3.69. The van der Waals surface area contributed by atoms with E-state index < -0.39 is 0 Å². The molecule has 0 aromatic rings. The van der Waals surface area contributed by atoms with E-state index in [1.54, 1.807) is 6.92 Å². The van der Waals surface area contributed by atoms with Gasteiger partial charge in [0.1, 0.15) is 0 Å². The predicted molar refractivity (Wildman–Crippen MR) is 472 cm³/mol. The zero-order valence-electron chi connectivity index (χ0n) is 61.0. The fourth-order valence-electron chi connectivity index (χ4n) is 3.69. The van der Waals surface area contributed by atoms with E-state index in [-0.39, 0.29) is 0 Å². The van der Waals surface area contributed by atoms with Crippen LogP contribution in [0.5, 0.6) is 0 Å². The first kappa shape index (κ1) is 94.6. The lowest BCUT2D eigenvalue weighted by atomic mass is 10.4. The highest BCUT2D eigenvalue weighted by Gasteiger charge is 1.69. The maximum absolute atomic E-state index is 6.59. The van der Waals surface area contributed by atoms with Crippen molar-refractivity contribution in [3.8, 4) is 705 Å². The molecule has 0 aromatic carbocycles. The van der Waals surface area contributed by atoms with Crippen molar-refractivity contribution >= 4 is 0 Å². The van der Waals surface area contributed by atoms with E-state index in [0.717, 1.165) is 0 Å². The van der Waals surface area contributed by atoms with Crippen LogP contribution >= 0.6 is 0 Å². The molecule has 0 saturated carbocycles. The van der Waals surface area contributed by atoms with Gasteiger partial charge >= 0.3 is 0 Å². The molecule has 0 nitrogen and oxygen atoms in total. The second-order valence-electron chi connectivity index (χ2n) is 15.0. The Hall–Kier alpha value is -26.4. The van der Waals surface area contributed by atoms with Crippen LogP contribution in [0.4, 0.5) is 0 Å². The number of rotatable bonds is 0. The summed E-state index contributed by atoms with van der Waals surface area (Å²) >= 11 is 0. The predicted octanol–water partition coefficient (Wildman–Crippen LogP) is 0.797. The SMILES string of the molecule is [C-]#CC#CC#CC#CC#CC#CC#CC#CC#CC#CC#CC#CC#CC#CC#CC#CC#CC#CC#CC#CC#CC#CC#CC#CC#CC#CC#CC#CC#CC#CC#CC#CC#CC#CC#CC#CC#CC#CC#CC#CC#CC#CC#CC#CC#CC#CC#CC#CC#CC#CC#CC#CC#CC#CC#CC#CC#CC#CC#CC#CC. The van der Waals surface area contributed by atoms with Crippen LogP contribution in [-0.2, 0) is 0 Å². The van der Waals surface area contributed by atoms with E-state index in [1.807, 2.05) is 5.92 Å². The Bertz CT molecular complexity index is 8500. The molecule has 0 heterocycles. The van der Waals surface area contributed by atoms with Gasteiger partial charge in [-0.3, -0.25) is 5.92 Å². The van der Waals surface area contributed by atoms with E-state index in [1.165, 1.54) is 0 Å². The minimum absolute atomic E-state index is 1.68. The molecule has 488 valence electrons. The second kappa shape index (κ2) is 93.6. The van der Waals surface area contributed by atoms with Gasteiger partial charge in [-0.05, 0) is 102 Å². The lowest BCUT2D eigenvalue weighted by Crippen LogP contribution is -1.57. The summed E-state index contributed by atoms with van der Waals surface area (Å²) in [6.45, 7) is 1.68. The third kappa shape index (κ3) is 93.6. The van der Waals surface area contributed by atoms with Crippen molar-refractivity contribution in [3.05, 3.63) is 6.42 Å². The molecule has 0 radical (unpaired) electrons. The average Bonchev–Trinajstić information content (AvgIpc) is 2.28. The van der Waals surface area contributed by atoms with Crippen LogP contribution in [0.2, 0.25) is 0 Å². The van der Waals surface area contributed by atoms with Crippen LogP contribution in [0.15, 0.2) is 0 Å². The Morgan fingerprint density at radius 1 is 0.0661 bits per heavy atom. The maximum atomic E-state index is 6.59. The van der Waals surface area contributed by atoms with Crippen molar-refractivity contribution in [2.24, 2.45) is 0 Å². The molecular weight excluding hydrogens is 1450 g/mol. The van der Waals surface area contributed by atoms with Crippen LogP contribution in [-0.4, -0.2) is 0 Å². The van der Waals surface area contributed by atoms with Crippen molar-refractivity contribution in [2.45, 2.75) is 6.92 Å². The summed E-state index contributed by atoms with van der Waals surface area (Å²) in [7, 11) is 0. The molecule has 0 rings (SSSR count). The molecule has 0 unspecified atom stereocenters. The standard InChI is InChI=1S/C121H3/c1-3-5-7-9-11-13-15-17-19-21-23-25-27-29-31-33-35-37-39-41-43-45-47-49-51-53-55-57-59-61-63-65-67-69-71-73-75-77-79-81-83-85-87-89-91-93-95-97-99-101-103-105-107-109-111-113-115-117-119-121-120-118-116-114-112-110-108-106-104-102-100-98-96-94-92-90-88-86-84-82-80-78-76-74-72-70-68-66-64-62-60-58-56-54-52-50-48-46-44-42-40-38-36-34-32-30-28-26-24-22-20-18-16-14-12-10-8-6-4-2/h1H3/q-1. The molecule has 0 saturated heterocycles. The minimum Gasteiger partial charge on any atom is -0.358 e. The minimum atomic E-state index is 1.68. The average molecular weight is 1460 g/mol. The molecule has 0 heteroatoms. The molecule has 0 aliphatic heterocycles. The van der Waals surface area contributed by atoms with Crippen molar-refractivity contribution in [3.63, 3.8) is 0 Å². The zero-order valence-corrected chi connectivity index (χ0v) is 61.0. The summed E-state index contributed by atoms with van der Waals surface area (Å²) in [5.41, 5.74) is 0. The fraction of sp³-hybridized carbons (Fsp3) is 0.00826. The molecule has 0 fully saturated rings. The maximum Gasteiger partial charge on any atom is 0 e. The molecule has 0 aliphatic rings. The highest BCUT2D eigenvalue weighted by molar-refractivity contribution is 5.58. The van der Waals surface area contributed by atoms with Crippen LogP contribution in [0.25, 0.3) is 0 Å².